The molecule has 2 aromatic rings. The first kappa shape index (κ1) is 19.9. The summed E-state index contributed by atoms with van der Waals surface area (Å²) in [5.41, 5.74) is 2.33. The van der Waals surface area contributed by atoms with Gasteiger partial charge in [-0.2, -0.15) is 31.4 Å². The van der Waals surface area contributed by atoms with Gasteiger partial charge in [0.2, 0.25) is 0 Å². The predicted octanol–water partition coefficient (Wildman–Crippen LogP) is 4.54. The van der Waals surface area contributed by atoms with Crippen LogP contribution in [0.25, 0.3) is 5.69 Å². The Morgan fingerprint density at radius 2 is 1.56 bits per heavy atom. The molecule has 0 saturated heterocycles. The number of nitrogen functional groups attached to an aromatic ring is 1. The average molecular weight is 426 g/mol. The molecule has 0 saturated carbocycles. The molecule has 0 radical (unpaired) electrons. The lowest BCUT2D eigenvalue weighted by Gasteiger charge is -2.13. The Kier molecular flexibility index (Phi) is 5.05. The normalized spacial score (nSPS) is 14.0. The van der Waals surface area contributed by atoms with E-state index in [1.807, 2.05) is 0 Å². The van der Waals surface area contributed by atoms with Crippen molar-refractivity contribution in [2.45, 2.75) is 17.2 Å². The summed E-state index contributed by atoms with van der Waals surface area (Å²) < 4.78 is 89.4. The molecule has 0 aliphatic heterocycles. The van der Waals surface area contributed by atoms with Gasteiger partial charge in [0.1, 0.15) is 16.4 Å². The second-order valence-electron chi connectivity index (χ2n) is 4.71. The number of halogens is 8. The third-order valence-electron chi connectivity index (χ3n) is 2.99. The fourth-order valence-electron chi connectivity index (χ4n) is 1.99. The third-order valence-corrected chi connectivity index (χ3v) is 4.54. The van der Waals surface area contributed by atoms with E-state index in [-0.39, 0.29) is 0 Å². The molecule has 138 valence electrons. The van der Waals surface area contributed by atoms with E-state index >= 15 is 0 Å². The highest BCUT2D eigenvalue weighted by Gasteiger charge is 2.41. The molecule has 1 aromatic heterocycles. The predicted molar refractivity (Wildman–Crippen MR) is 80.3 cm³/mol. The topological polar surface area (TPSA) is 60.9 Å². The van der Waals surface area contributed by atoms with Crippen LogP contribution in [0.5, 0.6) is 0 Å². The fraction of sp³-hybridized carbons (Fsp3) is 0.250. The first-order chi connectivity index (χ1) is 11.2. The van der Waals surface area contributed by atoms with Gasteiger partial charge in [-0.3, -0.25) is 4.21 Å². The van der Waals surface area contributed by atoms with Crippen LogP contribution in [0, 0.1) is 0 Å². The van der Waals surface area contributed by atoms with Gasteiger partial charge in [-0.05, 0) is 12.1 Å². The van der Waals surface area contributed by atoms with Crippen molar-refractivity contribution in [3.05, 3.63) is 33.4 Å². The Morgan fingerprint density at radius 1 is 1.08 bits per heavy atom. The summed E-state index contributed by atoms with van der Waals surface area (Å²) in [6.07, 6.45) is -8.82. The Bertz CT molecular complexity index is 839. The summed E-state index contributed by atoms with van der Waals surface area (Å²) in [7, 11) is -2.18. The average Bonchev–Trinajstić information content (AvgIpc) is 2.75. The maximum Gasteiger partial charge on any atom is 0.436 e. The van der Waals surface area contributed by atoms with Crippen LogP contribution in [0.2, 0.25) is 10.0 Å². The number of hydrogen-bond donors (Lipinski definition) is 1. The third kappa shape index (κ3) is 3.72. The Labute approximate surface area is 149 Å². The summed E-state index contributed by atoms with van der Waals surface area (Å²) in [6, 6.07) is 0.944. The van der Waals surface area contributed by atoms with Crippen molar-refractivity contribution in [3.8, 4) is 5.69 Å². The van der Waals surface area contributed by atoms with Gasteiger partial charge in [0.05, 0.1) is 26.4 Å². The van der Waals surface area contributed by atoms with E-state index in [9.17, 15) is 30.6 Å². The molecule has 1 unspecified atom stereocenters. The minimum atomic E-state index is -4.99. The van der Waals surface area contributed by atoms with Gasteiger partial charge in [0, 0.05) is 6.26 Å². The molecule has 13 heteroatoms. The molecule has 0 aliphatic rings. The van der Waals surface area contributed by atoms with Gasteiger partial charge in [-0.25, -0.2) is 4.68 Å². The van der Waals surface area contributed by atoms with Gasteiger partial charge in [-0.15, -0.1) is 0 Å². The largest absolute Gasteiger partial charge is 0.436 e. The first-order valence-corrected chi connectivity index (χ1v) is 8.42. The van der Waals surface area contributed by atoms with E-state index in [2.05, 4.69) is 5.10 Å². The molecule has 1 aromatic carbocycles. The second kappa shape index (κ2) is 6.36. The summed E-state index contributed by atoms with van der Waals surface area (Å²) in [5, 5.41) is 1.95. The van der Waals surface area contributed by atoms with Gasteiger partial charge >= 0.3 is 12.4 Å². The van der Waals surface area contributed by atoms with Crippen molar-refractivity contribution in [3.63, 3.8) is 0 Å². The molecule has 0 spiro atoms. The fourth-order valence-corrected chi connectivity index (χ4v) is 3.44. The van der Waals surface area contributed by atoms with Crippen molar-refractivity contribution < 1.29 is 30.6 Å². The highest BCUT2D eigenvalue weighted by molar-refractivity contribution is 7.84. The lowest BCUT2D eigenvalue weighted by atomic mass is 10.2. The lowest BCUT2D eigenvalue weighted by Crippen LogP contribution is -2.10. The second-order valence-corrected chi connectivity index (χ2v) is 6.84. The van der Waals surface area contributed by atoms with Crippen LogP contribution in [0.4, 0.5) is 32.2 Å². The van der Waals surface area contributed by atoms with Crippen LogP contribution in [-0.4, -0.2) is 20.2 Å². The van der Waals surface area contributed by atoms with Crippen molar-refractivity contribution in [2.75, 3.05) is 12.0 Å². The first-order valence-electron chi connectivity index (χ1n) is 6.11. The highest BCUT2D eigenvalue weighted by atomic mass is 35.5. The van der Waals surface area contributed by atoms with Gasteiger partial charge in [0.15, 0.2) is 5.69 Å². The minimum absolute atomic E-state index is 0.421. The zero-order chi connectivity index (χ0) is 19.3. The van der Waals surface area contributed by atoms with Crippen LogP contribution in [0.15, 0.2) is 17.0 Å². The van der Waals surface area contributed by atoms with Gasteiger partial charge in [-0.1, -0.05) is 23.2 Å². The molecular weight excluding hydrogens is 419 g/mol. The van der Waals surface area contributed by atoms with Crippen LogP contribution in [0.3, 0.4) is 0 Å². The molecule has 2 N–H and O–H groups in total. The van der Waals surface area contributed by atoms with E-state index < -0.39 is 60.9 Å². The van der Waals surface area contributed by atoms with Crippen LogP contribution >= 0.6 is 23.2 Å². The SMILES string of the molecule is CS(=O)c1c(C(F)(F)F)nn(-c2c(Cl)cc(C(F)(F)F)cc2Cl)c1N. The number of nitrogens with two attached hydrogens (primary N) is 1. The summed E-state index contributed by atoms with van der Waals surface area (Å²) in [5.74, 6) is -0.697. The van der Waals surface area contributed by atoms with Gasteiger partial charge < -0.3 is 5.73 Å². The minimum Gasteiger partial charge on any atom is -0.383 e. The molecular formula is C12H7Cl2F6N3OS. The zero-order valence-corrected chi connectivity index (χ0v) is 14.3. The maximum atomic E-state index is 13.1. The van der Waals surface area contributed by atoms with Crippen molar-refractivity contribution in [2.24, 2.45) is 0 Å². The zero-order valence-electron chi connectivity index (χ0n) is 12.0. The Balaban J connectivity index is 2.78. The molecule has 0 aliphatic carbocycles. The number of alkyl halides is 6. The van der Waals surface area contributed by atoms with Crippen LogP contribution < -0.4 is 5.73 Å². The van der Waals surface area contributed by atoms with Crippen LogP contribution in [-0.2, 0) is 23.2 Å². The number of rotatable bonds is 2. The number of nitrogens with zero attached hydrogens (tertiary/aromatic N) is 2. The maximum absolute atomic E-state index is 13.1. The summed E-state index contributed by atoms with van der Waals surface area (Å²) in [6.45, 7) is 0. The van der Waals surface area contributed by atoms with Crippen molar-refractivity contribution >= 4 is 39.8 Å². The molecule has 0 fully saturated rings. The van der Waals surface area contributed by atoms with Crippen LogP contribution in [0.1, 0.15) is 11.3 Å². The summed E-state index contributed by atoms with van der Waals surface area (Å²) in [4.78, 5) is -0.820. The van der Waals surface area contributed by atoms with Crippen molar-refractivity contribution in [1.82, 2.24) is 9.78 Å². The smallest absolute Gasteiger partial charge is 0.383 e. The molecule has 1 atom stereocenters. The summed E-state index contributed by atoms with van der Waals surface area (Å²) >= 11 is 11.5. The van der Waals surface area contributed by atoms with E-state index in [4.69, 9.17) is 28.9 Å². The van der Waals surface area contributed by atoms with E-state index in [1.165, 1.54) is 0 Å². The molecule has 4 nitrogen and oxygen atoms in total. The molecule has 0 amide bonds. The molecule has 0 bridgehead atoms. The molecule has 25 heavy (non-hydrogen) atoms. The van der Waals surface area contributed by atoms with E-state index in [0.29, 0.717) is 16.8 Å². The van der Waals surface area contributed by atoms with E-state index in [1.54, 1.807) is 0 Å². The monoisotopic (exact) mass is 425 g/mol. The highest BCUT2D eigenvalue weighted by Crippen LogP contribution is 2.41. The lowest BCUT2D eigenvalue weighted by molar-refractivity contribution is -0.143. The van der Waals surface area contributed by atoms with E-state index in [0.717, 1.165) is 6.26 Å². The molecule has 2 rings (SSSR count). The van der Waals surface area contributed by atoms with Gasteiger partial charge in [0.25, 0.3) is 0 Å². The Morgan fingerprint density at radius 3 is 1.88 bits per heavy atom. The number of hydrogen-bond acceptors (Lipinski definition) is 3. The molecule has 1 heterocycles. The number of benzene rings is 1. The van der Waals surface area contributed by atoms with Crippen molar-refractivity contribution in [1.29, 1.82) is 0 Å². The number of anilines is 1. The quantitative estimate of drug-likeness (QED) is 0.718. The Hall–Kier alpha value is -1.46. The standard InChI is InChI=1S/C12H7Cl2F6N3OS/c1-25(24)8-9(12(18,19)20)22-23(10(8)21)7-5(13)2-4(3-6(7)14)11(15,16)17/h2-3H,21H2,1H3. The number of aromatic nitrogens is 2.